The van der Waals surface area contributed by atoms with Crippen molar-refractivity contribution in [3.8, 4) is 0 Å². The van der Waals surface area contributed by atoms with E-state index in [0.29, 0.717) is 5.11 Å². The highest BCUT2D eigenvalue weighted by atomic mass is 35.5. The van der Waals surface area contributed by atoms with Gasteiger partial charge in [-0.3, -0.25) is 4.98 Å². The summed E-state index contributed by atoms with van der Waals surface area (Å²) in [6.45, 7) is 0. The Morgan fingerprint density at radius 1 is 1.04 bits per heavy atom. The molecule has 1 aliphatic heterocycles. The first kappa shape index (κ1) is 15.6. The Balaban J connectivity index is 1.82. The Morgan fingerprint density at radius 3 is 2.50 bits per heavy atom. The third-order valence-corrected chi connectivity index (χ3v) is 5.63. The molecule has 120 valence electrons. The van der Waals surface area contributed by atoms with Crippen LogP contribution in [0.1, 0.15) is 22.7 Å². The molecule has 0 radical (unpaired) electrons. The number of nitrogens with one attached hydrogen (secondary N) is 1. The Kier molecular flexibility index (Phi) is 4.22. The minimum atomic E-state index is -0.0198. The van der Waals surface area contributed by atoms with Gasteiger partial charge in [0.25, 0.3) is 0 Å². The molecule has 2 aromatic heterocycles. The number of benzene rings is 1. The summed E-state index contributed by atoms with van der Waals surface area (Å²) < 4.78 is 0.774. The zero-order chi connectivity index (χ0) is 16.5. The third-order valence-electron chi connectivity index (χ3n) is 4.02. The van der Waals surface area contributed by atoms with Crippen molar-refractivity contribution < 1.29 is 0 Å². The molecule has 0 bridgehead atoms. The molecule has 3 heterocycles. The van der Waals surface area contributed by atoms with Gasteiger partial charge in [0.1, 0.15) is 0 Å². The van der Waals surface area contributed by atoms with Gasteiger partial charge in [0.15, 0.2) is 5.11 Å². The first-order valence-corrected chi connectivity index (χ1v) is 9.15. The van der Waals surface area contributed by atoms with Crippen LogP contribution in [0, 0.1) is 0 Å². The lowest BCUT2D eigenvalue weighted by Gasteiger charge is -2.26. The van der Waals surface area contributed by atoms with E-state index in [2.05, 4.69) is 33.4 Å². The summed E-state index contributed by atoms with van der Waals surface area (Å²) >= 11 is 13.4. The van der Waals surface area contributed by atoms with E-state index in [1.165, 1.54) is 0 Å². The predicted molar refractivity (Wildman–Crippen MR) is 104 cm³/mol. The predicted octanol–water partition coefficient (Wildman–Crippen LogP) is 4.97. The molecule has 3 nitrogen and oxygen atoms in total. The number of para-hydroxylation sites is 1. The lowest BCUT2D eigenvalue weighted by Crippen LogP contribution is -2.28. The second-order valence-corrected chi connectivity index (χ2v) is 7.61. The number of anilines is 1. The van der Waals surface area contributed by atoms with Crippen molar-refractivity contribution >= 4 is 46.0 Å². The van der Waals surface area contributed by atoms with Gasteiger partial charge in [-0.15, -0.1) is 11.3 Å². The molecule has 3 aromatic rings. The molecule has 1 saturated heterocycles. The molecule has 1 fully saturated rings. The lowest BCUT2D eigenvalue weighted by atomic mass is 10.0. The second-order valence-electron chi connectivity index (χ2n) is 5.47. The van der Waals surface area contributed by atoms with Crippen LogP contribution in [0.2, 0.25) is 4.34 Å². The summed E-state index contributed by atoms with van der Waals surface area (Å²) in [5, 5.41) is 4.14. The molecule has 24 heavy (non-hydrogen) atoms. The highest BCUT2D eigenvalue weighted by Gasteiger charge is 2.41. The van der Waals surface area contributed by atoms with Crippen LogP contribution in [0.4, 0.5) is 5.69 Å². The maximum absolute atomic E-state index is 6.19. The van der Waals surface area contributed by atoms with Crippen LogP contribution in [-0.2, 0) is 0 Å². The summed E-state index contributed by atoms with van der Waals surface area (Å²) in [7, 11) is 0. The number of hydrogen-bond acceptors (Lipinski definition) is 3. The highest BCUT2D eigenvalue weighted by molar-refractivity contribution is 7.80. The van der Waals surface area contributed by atoms with Crippen molar-refractivity contribution in [3.63, 3.8) is 0 Å². The maximum Gasteiger partial charge on any atom is 0.174 e. The Hall–Kier alpha value is -1.95. The van der Waals surface area contributed by atoms with E-state index in [1.54, 1.807) is 11.3 Å². The van der Waals surface area contributed by atoms with Crippen LogP contribution in [0.3, 0.4) is 0 Å². The van der Waals surface area contributed by atoms with Gasteiger partial charge in [0.05, 0.1) is 22.1 Å². The lowest BCUT2D eigenvalue weighted by molar-refractivity contribution is 0.575. The SMILES string of the molecule is S=C1N[C@H](c2ccccn2)[C@@H](c2ccc(Cl)s2)N1c1ccccc1. The van der Waals surface area contributed by atoms with Gasteiger partial charge < -0.3 is 10.2 Å². The largest absolute Gasteiger partial charge is 0.351 e. The van der Waals surface area contributed by atoms with E-state index in [0.717, 1.165) is 20.6 Å². The van der Waals surface area contributed by atoms with Gasteiger partial charge in [-0.25, -0.2) is 0 Å². The molecule has 0 aliphatic carbocycles. The maximum atomic E-state index is 6.19. The van der Waals surface area contributed by atoms with E-state index < -0.39 is 0 Å². The molecular weight excluding hydrogens is 358 g/mol. The van der Waals surface area contributed by atoms with Crippen molar-refractivity contribution in [3.05, 3.63) is 81.8 Å². The van der Waals surface area contributed by atoms with Crippen molar-refractivity contribution in [1.82, 2.24) is 10.3 Å². The highest BCUT2D eigenvalue weighted by Crippen LogP contribution is 2.44. The normalized spacial score (nSPS) is 20.2. The number of rotatable bonds is 3. The fourth-order valence-electron chi connectivity index (χ4n) is 3.00. The molecule has 1 aliphatic rings. The molecule has 0 amide bonds. The molecular formula is C18H14ClN3S2. The Labute approximate surface area is 154 Å². The first-order chi connectivity index (χ1) is 11.7. The number of hydrogen-bond donors (Lipinski definition) is 1. The van der Waals surface area contributed by atoms with Crippen molar-refractivity contribution in [2.24, 2.45) is 0 Å². The van der Waals surface area contributed by atoms with Gasteiger partial charge in [-0.05, 0) is 48.6 Å². The third kappa shape index (κ3) is 2.79. The van der Waals surface area contributed by atoms with Crippen LogP contribution in [0.5, 0.6) is 0 Å². The molecule has 0 unspecified atom stereocenters. The van der Waals surface area contributed by atoms with E-state index in [9.17, 15) is 0 Å². The van der Waals surface area contributed by atoms with Gasteiger partial charge in [-0.2, -0.15) is 0 Å². The van der Waals surface area contributed by atoms with Gasteiger partial charge in [0, 0.05) is 16.8 Å². The Morgan fingerprint density at radius 2 is 1.83 bits per heavy atom. The van der Waals surface area contributed by atoms with E-state index in [1.807, 2.05) is 48.7 Å². The monoisotopic (exact) mass is 371 g/mol. The van der Waals surface area contributed by atoms with Crippen molar-refractivity contribution in [2.75, 3.05) is 4.90 Å². The van der Waals surface area contributed by atoms with Gasteiger partial charge in [0.2, 0.25) is 0 Å². The summed E-state index contributed by atoms with van der Waals surface area (Å²) in [6.07, 6.45) is 1.81. The zero-order valence-electron chi connectivity index (χ0n) is 12.6. The van der Waals surface area contributed by atoms with E-state index >= 15 is 0 Å². The fraction of sp³-hybridized carbons (Fsp3) is 0.111. The molecule has 6 heteroatoms. The topological polar surface area (TPSA) is 28.2 Å². The van der Waals surface area contributed by atoms with Crippen molar-refractivity contribution in [2.45, 2.75) is 12.1 Å². The standard InChI is InChI=1S/C18H14ClN3S2/c19-15-10-9-14(24-15)17-16(13-8-4-5-11-20-13)21-18(23)22(17)12-6-2-1-3-7-12/h1-11,16-17H,(H,21,23)/t16-,17-/m1/s1. The average molecular weight is 372 g/mol. The van der Waals surface area contributed by atoms with Gasteiger partial charge in [-0.1, -0.05) is 35.9 Å². The van der Waals surface area contributed by atoms with Gasteiger partial charge >= 0.3 is 0 Å². The van der Waals surface area contributed by atoms with Crippen molar-refractivity contribution in [1.29, 1.82) is 0 Å². The summed E-state index contributed by atoms with van der Waals surface area (Å²) in [4.78, 5) is 7.84. The zero-order valence-corrected chi connectivity index (χ0v) is 15.0. The van der Waals surface area contributed by atoms with E-state index in [-0.39, 0.29) is 12.1 Å². The molecule has 2 atom stereocenters. The summed E-state index contributed by atoms with van der Waals surface area (Å²) in [5.41, 5.74) is 2.02. The first-order valence-electron chi connectivity index (χ1n) is 7.55. The van der Waals surface area contributed by atoms with Crippen LogP contribution in [0.25, 0.3) is 0 Å². The number of aromatic nitrogens is 1. The van der Waals surface area contributed by atoms with E-state index in [4.69, 9.17) is 23.8 Å². The number of pyridine rings is 1. The molecule has 4 rings (SSSR count). The van der Waals surface area contributed by atoms with Crippen LogP contribution >= 0.6 is 35.2 Å². The number of halogens is 1. The Bertz CT molecular complexity index is 851. The number of thiocarbonyl (C=S) groups is 1. The molecule has 0 spiro atoms. The quantitative estimate of drug-likeness (QED) is 0.657. The number of nitrogens with zero attached hydrogens (tertiary/aromatic N) is 2. The fourth-order valence-corrected chi connectivity index (χ4v) is 4.53. The average Bonchev–Trinajstić information content (AvgIpc) is 3.19. The molecule has 0 saturated carbocycles. The molecule has 1 N–H and O–H groups in total. The van der Waals surface area contributed by atoms with Crippen LogP contribution in [0.15, 0.2) is 66.9 Å². The summed E-state index contributed by atoms with van der Waals surface area (Å²) in [5.74, 6) is 0. The number of thiophene rings is 1. The minimum Gasteiger partial charge on any atom is -0.351 e. The molecule has 1 aromatic carbocycles. The second kappa shape index (κ2) is 6.51. The van der Waals surface area contributed by atoms with Crippen LogP contribution in [-0.4, -0.2) is 10.1 Å². The van der Waals surface area contributed by atoms with Crippen LogP contribution < -0.4 is 10.2 Å². The summed E-state index contributed by atoms with van der Waals surface area (Å²) in [6, 6.07) is 20.1. The smallest absolute Gasteiger partial charge is 0.174 e. The minimum absolute atomic E-state index is 0.0198.